The lowest BCUT2D eigenvalue weighted by atomic mass is 10.2. The number of hydrogen-bond donors (Lipinski definition) is 2. The van der Waals surface area contributed by atoms with Crippen molar-refractivity contribution in [3.63, 3.8) is 0 Å². The highest BCUT2D eigenvalue weighted by Gasteiger charge is 2.06. The second-order valence-electron chi connectivity index (χ2n) is 7.50. The summed E-state index contributed by atoms with van der Waals surface area (Å²) in [5, 5.41) is 7.73. The molecule has 0 unspecified atom stereocenters. The largest absolute Gasteiger partial charge is 0.497 e. The van der Waals surface area contributed by atoms with E-state index in [1.54, 1.807) is 26.1 Å². The fraction of sp³-hybridized carbons (Fsp3) is 0.333. The predicted octanol–water partition coefficient (Wildman–Crippen LogP) is 3.48. The van der Waals surface area contributed by atoms with Crippen molar-refractivity contribution in [3.05, 3.63) is 66.4 Å². The van der Waals surface area contributed by atoms with Crippen LogP contribution >= 0.6 is 24.0 Å². The summed E-state index contributed by atoms with van der Waals surface area (Å²) in [6.45, 7) is 2.36. The molecule has 0 saturated heterocycles. The maximum absolute atomic E-state index is 12.0. The van der Waals surface area contributed by atoms with E-state index in [-0.39, 0.29) is 36.4 Å². The Morgan fingerprint density at radius 3 is 2.53 bits per heavy atom. The number of ether oxygens (including phenoxy) is 1. The quantitative estimate of drug-likeness (QED) is 0.186. The molecule has 7 nitrogen and oxygen atoms in total. The van der Waals surface area contributed by atoms with E-state index in [1.165, 1.54) is 10.9 Å². The molecule has 3 rings (SSSR count). The predicted molar refractivity (Wildman–Crippen MR) is 141 cm³/mol. The molecule has 0 aliphatic rings. The molecule has 32 heavy (non-hydrogen) atoms. The number of benzene rings is 2. The monoisotopic (exact) mass is 549 g/mol. The van der Waals surface area contributed by atoms with Crippen molar-refractivity contribution in [3.8, 4) is 5.75 Å². The number of nitrogens with one attached hydrogen (secondary N) is 2. The number of nitrogens with zero attached hydrogens (tertiary/aromatic N) is 3. The van der Waals surface area contributed by atoms with Crippen LogP contribution in [0.15, 0.2) is 65.8 Å². The van der Waals surface area contributed by atoms with Gasteiger partial charge in [0.25, 0.3) is 0 Å². The number of methoxy groups -OCH3 is 1. The van der Waals surface area contributed by atoms with E-state index >= 15 is 0 Å². The van der Waals surface area contributed by atoms with Crippen LogP contribution in [0.25, 0.3) is 10.9 Å². The van der Waals surface area contributed by atoms with E-state index < -0.39 is 0 Å². The topological polar surface area (TPSA) is 70.9 Å². The van der Waals surface area contributed by atoms with Gasteiger partial charge in [0.1, 0.15) is 5.75 Å². The number of halogens is 1. The number of carbonyl (C=O) groups is 1. The molecule has 8 heteroatoms. The summed E-state index contributed by atoms with van der Waals surface area (Å²) in [6, 6.07) is 18.3. The molecule has 1 aromatic heterocycles. The highest BCUT2D eigenvalue weighted by molar-refractivity contribution is 14.0. The molecule has 2 N–H and O–H groups in total. The zero-order valence-electron chi connectivity index (χ0n) is 18.9. The summed E-state index contributed by atoms with van der Waals surface area (Å²) in [6.07, 6.45) is 3.06. The van der Waals surface area contributed by atoms with Crippen molar-refractivity contribution < 1.29 is 9.53 Å². The van der Waals surface area contributed by atoms with Gasteiger partial charge in [-0.1, -0.05) is 30.3 Å². The minimum atomic E-state index is -0.00208. The van der Waals surface area contributed by atoms with Gasteiger partial charge in [0.05, 0.1) is 20.2 Å². The molecule has 0 saturated carbocycles. The number of fused-ring (bicyclic) bond motifs is 1. The van der Waals surface area contributed by atoms with Gasteiger partial charge < -0.3 is 24.8 Å². The highest BCUT2D eigenvalue weighted by atomic mass is 127. The second-order valence-corrected chi connectivity index (χ2v) is 7.50. The third kappa shape index (κ3) is 7.44. The molecule has 0 aliphatic heterocycles. The maximum Gasteiger partial charge on any atom is 0.241 e. The third-order valence-electron chi connectivity index (χ3n) is 5.03. The van der Waals surface area contributed by atoms with Crippen LogP contribution in [0.3, 0.4) is 0 Å². The number of aryl methyl sites for hydroxylation is 1. The van der Waals surface area contributed by atoms with E-state index in [0.717, 1.165) is 30.8 Å². The lowest BCUT2D eigenvalue weighted by molar-refractivity contribution is -0.127. The van der Waals surface area contributed by atoms with Gasteiger partial charge in [0.2, 0.25) is 5.91 Å². The number of para-hydroxylation sites is 1. The molecular weight excluding hydrogens is 517 g/mol. The summed E-state index contributed by atoms with van der Waals surface area (Å²) < 4.78 is 7.46. The highest BCUT2D eigenvalue weighted by Crippen LogP contribution is 2.15. The summed E-state index contributed by atoms with van der Waals surface area (Å²) in [7, 11) is 5.14. The minimum Gasteiger partial charge on any atom is -0.497 e. The summed E-state index contributed by atoms with van der Waals surface area (Å²) >= 11 is 0. The van der Waals surface area contributed by atoms with Crippen LogP contribution in [-0.2, 0) is 17.9 Å². The van der Waals surface area contributed by atoms with Crippen molar-refractivity contribution in [2.24, 2.45) is 4.99 Å². The Morgan fingerprint density at radius 1 is 1.06 bits per heavy atom. The zero-order valence-corrected chi connectivity index (χ0v) is 21.2. The van der Waals surface area contributed by atoms with E-state index in [9.17, 15) is 4.79 Å². The average Bonchev–Trinajstić information content (AvgIpc) is 3.21. The lowest BCUT2D eigenvalue weighted by Gasteiger charge is -2.15. The van der Waals surface area contributed by atoms with E-state index in [0.29, 0.717) is 12.5 Å². The Hall–Kier alpha value is -2.75. The van der Waals surface area contributed by atoms with Crippen LogP contribution in [0, 0.1) is 0 Å². The first-order valence-electron chi connectivity index (χ1n) is 10.5. The van der Waals surface area contributed by atoms with Gasteiger partial charge in [0.15, 0.2) is 5.96 Å². The number of rotatable bonds is 9. The van der Waals surface area contributed by atoms with Crippen LogP contribution in [0.4, 0.5) is 0 Å². The molecule has 0 fully saturated rings. The minimum absolute atomic E-state index is 0. The molecule has 172 valence electrons. The Balaban J connectivity index is 0.00000363. The van der Waals surface area contributed by atoms with Crippen molar-refractivity contribution in [1.82, 2.24) is 20.1 Å². The molecule has 0 spiro atoms. The molecule has 0 bridgehead atoms. The van der Waals surface area contributed by atoms with Crippen molar-refractivity contribution >= 4 is 46.7 Å². The summed E-state index contributed by atoms with van der Waals surface area (Å²) in [4.78, 5) is 18.2. The van der Waals surface area contributed by atoms with Crippen molar-refractivity contribution in [1.29, 1.82) is 0 Å². The number of carbonyl (C=O) groups excluding carboxylic acids is 1. The Labute approximate surface area is 206 Å². The van der Waals surface area contributed by atoms with Crippen LogP contribution < -0.4 is 15.4 Å². The van der Waals surface area contributed by atoms with E-state index in [4.69, 9.17) is 4.74 Å². The average molecular weight is 549 g/mol. The standard InChI is InChI=1S/C24H31N5O2.HI/c1-28(2)23(30)18-27-24(26-17-19-9-11-21(31-3)12-10-19)25-14-6-15-29-16-13-20-7-4-5-8-22(20)29;/h4-5,7-13,16H,6,14-15,17-18H2,1-3H3,(H2,25,26,27);1H. The van der Waals surface area contributed by atoms with E-state index in [2.05, 4.69) is 56.7 Å². The Morgan fingerprint density at radius 2 is 1.81 bits per heavy atom. The van der Waals surface area contributed by atoms with E-state index in [1.807, 2.05) is 24.3 Å². The SMILES string of the molecule is COc1ccc(CN=C(NCCCn2ccc3ccccc32)NCC(=O)N(C)C)cc1.I. The first-order valence-corrected chi connectivity index (χ1v) is 10.5. The van der Waals surface area contributed by atoms with Gasteiger partial charge in [0, 0.05) is 38.9 Å². The molecule has 0 aliphatic carbocycles. The van der Waals surface area contributed by atoms with Crippen molar-refractivity contribution in [2.75, 3.05) is 34.3 Å². The summed E-state index contributed by atoms with van der Waals surface area (Å²) in [5.41, 5.74) is 2.31. The van der Waals surface area contributed by atoms with Gasteiger partial charge in [-0.25, -0.2) is 4.99 Å². The van der Waals surface area contributed by atoms with Crippen molar-refractivity contribution in [2.45, 2.75) is 19.5 Å². The maximum atomic E-state index is 12.0. The van der Waals surface area contributed by atoms with Gasteiger partial charge >= 0.3 is 0 Å². The number of aliphatic imine (C=N–C) groups is 1. The van der Waals surface area contributed by atoms with Gasteiger partial charge in [-0.05, 0) is 41.6 Å². The van der Waals surface area contributed by atoms with Crippen LogP contribution in [0.1, 0.15) is 12.0 Å². The van der Waals surface area contributed by atoms with Crippen LogP contribution in [0.5, 0.6) is 5.75 Å². The molecule has 1 heterocycles. The van der Waals surface area contributed by atoms with Gasteiger partial charge in [-0.3, -0.25) is 4.79 Å². The third-order valence-corrected chi connectivity index (χ3v) is 5.03. The fourth-order valence-electron chi connectivity index (χ4n) is 3.18. The second kappa shape index (κ2) is 12.9. The lowest BCUT2D eigenvalue weighted by Crippen LogP contribution is -2.43. The molecule has 0 radical (unpaired) electrons. The molecule has 0 atom stereocenters. The molecular formula is C24H32IN5O2. The number of likely N-dealkylation sites (N-methyl/N-ethyl adjacent to an activating group) is 1. The van der Waals surface area contributed by atoms with Gasteiger partial charge in [-0.15, -0.1) is 24.0 Å². The smallest absolute Gasteiger partial charge is 0.241 e. The number of aromatic nitrogens is 1. The summed E-state index contributed by atoms with van der Waals surface area (Å²) in [5.74, 6) is 1.44. The molecule has 3 aromatic rings. The zero-order chi connectivity index (χ0) is 22.1. The normalized spacial score (nSPS) is 11.0. The number of guanidine groups is 1. The Kier molecular flexibility index (Phi) is 10.3. The van der Waals surface area contributed by atoms with Crippen LogP contribution in [-0.4, -0.2) is 55.6 Å². The number of amides is 1. The first kappa shape index (κ1) is 25.5. The van der Waals surface area contributed by atoms with Crippen LogP contribution in [0.2, 0.25) is 0 Å². The number of hydrogen-bond acceptors (Lipinski definition) is 3. The molecule has 1 amide bonds. The van der Waals surface area contributed by atoms with Gasteiger partial charge in [-0.2, -0.15) is 0 Å². The Bertz CT molecular complexity index is 1010. The first-order chi connectivity index (χ1) is 15.1. The molecule has 2 aromatic carbocycles. The fourth-order valence-corrected chi connectivity index (χ4v) is 3.18.